The Morgan fingerprint density at radius 1 is 1.73 bits per heavy atom. The monoisotopic (exact) mass is 154 g/mol. The number of hydrogen-bond acceptors (Lipinski definition) is 2. The topological polar surface area (TPSA) is 55.1 Å². The molecule has 3 heteroatoms. The zero-order valence-corrected chi connectivity index (χ0v) is 6.98. The van der Waals surface area contributed by atoms with Crippen molar-refractivity contribution in [2.75, 3.05) is 6.54 Å². The molecule has 0 aliphatic rings. The Balaban J connectivity index is 3.81. The van der Waals surface area contributed by atoms with Gasteiger partial charge in [-0.25, -0.2) is 0 Å². The Bertz CT molecular complexity index is 179. The average Bonchev–Trinajstić information content (AvgIpc) is 1.81. The Labute approximate surface area is 67.3 Å². The number of primary amides is 1. The molecule has 0 aromatic rings. The highest BCUT2D eigenvalue weighted by Gasteiger charge is 2.18. The van der Waals surface area contributed by atoms with E-state index in [2.05, 4.69) is 11.2 Å². The molecule has 0 aromatic heterocycles. The summed E-state index contributed by atoms with van der Waals surface area (Å²) in [5.41, 5.74) is 4.73. The van der Waals surface area contributed by atoms with E-state index in [0.717, 1.165) is 0 Å². The maximum absolute atomic E-state index is 10.5. The van der Waals surface area contributed by atoms with Gasteiger partial charge in [-0.05, 0) is 13.8 Å². The van der Waals surface area contributed by atoms with Crippen molar-refractivity contribution < 1.29 is 4.79 Å². The van der Waals surface area contributed by atoms with Gasteiger partial charge in [0.1, 0.15) is 0 Å². The van der Waals surface area contributed by atoms with E-state index in [4.69, 9.17) is 12.2 Å². The highest BCUT2D eigenvalue weighted by molar-refractivity contribution is 5.74. The van der Waals surface area contributed by atoms with Crippen LogP contribution in [-0.4, -0.2) is 18.0 Å². The van der Waals surface area contributed by atoms with Gasteiger partial charge in [0.05, 0.1) is 6.54 Å². The van der Waals surface area contributed by atoms with Crippen LogP contribution in [0, 0.1) is 12.3 Å². The number of carbonyl (C=O) groups is 1. The third-order valence-electron chi connectivity index (χ3n) is 1.29. The molecular weight excluding hydrogens is 140 g/mol. The quantitative estimate of drug-likeness (QED) is 0.554. The van der Waals surface area contributed by atoms with Gasteiger partial charge in [-0.2, -0.15) is 0 Å². The third-order valence-corrected chi connectivity index (χ3v) is 1.29. The summed E-state index contributed by atoms with van der Waals surface area (Å²) in [6.45, 7) is 4.23. The highest BCUT2D eigenvalue weighted by atomic mass is 16.1. The number of hydrogen-bond donors (Lipinski definition) is 2. The first-order valence-corrected chi connectivity index (χ1v) is 3.45. The van der Waals surface area contributed by atoms with E-state index in [1.54, 1.807) is 0 Å². The number of terminal acetylenes is 1. The SMILES string of the molecule is C#CCNC(C)(C)CC(N)=O. The molecular formula is C8H14N2O. The summed E-state index contributed by atoms with van der Waals surface area (Å²) in [6.07, 6.45) is 5.34. The van der Waals surface area contributed by atoms with E-state index in [9.17, 15) is 4.79 Å². The minimum atomic E-state index is -0.320. The van der Waals surface area contributed by atoms with Gasteiger partial charge in [0.25, 0.3) is 0 Å². The molecule has 0 heterocycles. The lowest BCUT2D eigenvalue weighted by atomic mass is 10.0. The molecule has 0 aromatic carbocycles. The molecule has 0 rings (SSSR count). The van der Waals surface area contributed by atoms with Crippen LogP contribution in [-0.2, 0) is 4.79 Å². The lowest BCUT2D eigenvalue weighted by Gasteiger charge is -2.23. The van der Waals surface area contributed by atoms with Crippen LogP contribution in [0.1, 0.15) is 20.3 Å². The number of nitrogens with two attached hydrogens (primary N) is 1. The fourth-order valence-electron chi connectivity index (χ4n) is 0.788. The summed E-state index contributed by atoms with van der Waals surface area (Å²) in [5, 5.41) is 3.00. The number of nitrogens with one attached hydrogen (secondary N) is 1. The smallest absolute Gasteiger partial charge is 0.219 e. The second-order valence-electron chi connectivity index (χ2n) is 3.08. The lowest BCUT2D eigenvalue weighted by molar-refractivity contribution is -0.119. The number of rotatable bonds is 4. The van der Waals surface area contributed by atoms with Crippen LogP contribution >= 0.6 is 0 Å². The summed E-state index contributed by atoms with van der Waals surface area (Å²) in [7, 11) is 0. The summed E-state index contributed by atoms with van der Waals surface area (Å²) in [6, 6.07) is 0. The lowest BCUT2D eigenvalue weighted by Crippen LogP contribution is -2.42. The van der Waals surface area contributed by atoms with Crippen molar-refractivity contribution in [2.45, 2.75) is 25.8 Å². The molecule has 0 saturated carbocycles. The Morgan fingerprint density at radius 3 is 2.64 bits per heavy atom. The summed E-state index contributed by atoms with van der Waals surface area (Å²) in [4.78, 5) is 10.5. The van der Waals surface area contributed by atoms with Gasteiger partial charge < -0.3 is 11.1 Å². The van der Waals surface area contributed by atoms with Crippen LogP contribution in [0.4, 0.5) is 0 Å². The molecule has 0 aliphatic carbocycles. The second-order valence-corrected chi connectivity index (χ2v) is 3.08. The summed E-state index contributed by atoms with van der Waals surface area (Å²) < 4.78 is 0. The summed E-state index contributed by atoms with van der Waals surface area (Å²) >= 11 is 0. The van der Waals surface area contributed by atoms with Crippen molar-refractivity contribution in [3.63, 3.8) is 0 Å². The molecule has 1 amide bonds. The second kappa shape index (κ2) is 3.99. The zero-order valence-electron chi connectivity index (χ0n) is 6.98. The van der Waals surface area contributed by atoms with Crippen LogP contribution in [0.25, 0.3) is 0 Å². The van der Waals surface area contributed by atoms with Gasteiger partial charge in [-0.1, -0.05) is 5.92 Å². The van der Waals surface area contributed by atoms with Crippen LogP contribution in [0.15, 0.2) is 0 Å². The van der Waals surface area contributed by atoms with E-state index in [-0.39, 0.29) is 11.4 Å². The maximum Gasteiger partial charge on any atom is 0.219 e. The van der Waals surface area contributed by atoms with Gasteiger partial charge >= 0.3 is 0 Å². The summed E-state index contributed by atoms with van der Waals surface area (Å²) in [5.74, 6) is 2.11. The van der Waals surface area contributed by atoms with Gasteiger partial charge in [-0.3, -0.25) is 4.79 Å². The normalized spacial score (nSPS) is 10.6. The van der Waals surface area contributed by atoms with Crippen LogP contribution in [0.2, 0.25) is 0 Å². The van der Waals surface area contributed by atoms with E-state index in [1.165, 1.54) is 0 Å². The van der Waals surface area contributed by atoms with E-state index >= 15 is 0 Å². The molecule has 0 spiro atoms. The molecule has 0 atom stereocenters. The van der Waals surface area contributed by atoms with Gasteiger partial charge in [-0.15, -0.1) is 6.42 Å². The fourth-order valence-corrected chi connectivity index (χ4v) is 0.788. The van der Waals surface area contributed by atoms with Crippen molar-refractivity contribution in [3.8, 4) is 12.3 Å². The minimum Gasteiger partial charge on any atom is -0.370 e. The van der Waals surface area contributed by atoms with E-state index in [1.807, 2.05) is 13.8 Å². The van der Waals surface area contributed by atoms with Crippen molar-refractivity contribution >= 4 is 5.91 Å². The van der Waals surface area contributed by atoms with Crippen molar-refractivity contribution in [1.82, 2.24) is 5.32 Å². The Kier molecular flexibility index (Phi) is 3.63. The van der Waals surface area contributed by atoms with Crippen LogP contribution in [0.3, 0.4) is 0 Å². The molecule has 0 unspecified atom stereocenters. The largest absolute Gasteiger partial charge is 0.370 e. The zero-order chi connectivity index (χ0) is 8.91. The minimum absolute atomic E-state index is 0.293. The average molecular weight is 154 g/mol. The predicted molar refractivity (Wildman–Crippen MR) is 44.7 cm³/mol. The van der Waals surface area contributed by atoms with E-state index in [0.29, 0.717) is 13.0 Å². The third kappa shape index (κ3) is 5.43. The van der Waals surface area contributed by atoms with Crippen molar-refractivity contribution in [2.24, 2.45) is 5.73 Å². The standard InChI is InChI=1S/C8H14N2O/c1-4-5-10-8(2,3)6-7(9)11/h1,10H,5-6H2,2-3H3,(H2,9,11). The Morgan fingerprint density at radius 2 is 2.27 bits per heavy atom. The maximum atomic E-state index is 10.5. The van der Waals surface area contributed by atoms with Crippen LogP contribution in [0.5, 0.6) is 0 Å². The first kappa shape index (κ1) is 9.99. The van der Waals surface area contributed by atoms with E-state index < -0.39 is 0 Å². The molecule has 62 valence electrons. The molecule has 0 aliphatic heterocycles. The van der Waals surface area contributed by atoms with Crippen molar-refractivity contribution in [3.05, 3.63) is 0 Å². The van der Waals surface area contributed by atoms with Gasteiger partial charge in [0.2, 0.25) is 5.91 Å². The molecule has 0 saturated heterocycles. The molecule has 3 N–H and O–H groups in total. The van der Waals surface area contributed by atoms with Crippen LogP contribution < -0.4 is 11.1 Å². The number of carbonyl (C=O) groups excluding carboxylic acids is 1. The molecule has 0 bridgehead atoms. The van der Waals surface area contributed by atoms with Crippen molar-refractivity contribution in [1.29, 1.82) is 0 Å². The first-order chi connectivity index (χ1) is 4.98. The fraction of sp³-hybridized carbons (Fsp3) is 0.625. The molecule has 11 heavy (non-hydrogen) atoms. The molecule has 3 nitrogen and oxygen atoms in total. The highest BCUT2D eigenvalue weighted by Crippen LogP contribution is 2.05. The van der Waals surface area contributed by atoms with Gasteiger partial charge in [0, 0.05) is 12.0 Å². The Hall–Kier alpha value is -1.01. The molecule has 0 radical (unpaired) electrons. The molecule has 0 fully saturated rings. The predicted octanol–water partition coefficient (Wildman–Crippen LogP) is -0.137. The first-order valence-electron chi connectivity index (χ1n) is 3.45. The number of amides is 1. The van der Waals surface area contributed by atoms with Gasteiger partial charge in [0.15, 0.2) is 0 Å².